The molecule has 0 saturated carbocycles. The van der Waals surface area contributed by atoms with Gasteiger partial charge in [-0.2, -0.15) is 0 Å². The number of benzene rings is 4. The van der Waals surface area contributed by atoms with Crippen molar-refractivity contribution in [2.24, 2.45) is 12.0 Å². The third kappa shape index (κ3) is 5.35. The number of nitrogens with zero attached hydrogens (tertiary/aromatic N) is 4. The van der Waals surface area contributed by atoms with Crippen LogP contribution in [0.5, 0.6) is 0 Å². The molecule has 0 atom stereocenters. The number of halogens is 4. The average Bonchev–Trinajstić information content (AvgIpc) is 3.39. The third-order valence-corrected chi connectivity index (χ3v) is 7.74. The molecule has 0 saturated heterocycles. The molecule has 0 radical (unpaired) electrons. The first-order chi connectivity index (χ1) is 21.9. The predicted octanol–water partition coefficient (Wildman–Crippen LogP) is 9.10. The fourth-order valence-corrected chi connectivity index (χ4v) is 5.72. The maximum atomic E-state index is 16.3. The Morgan fingerprint density at radius 3 is 2.07 bits per heavy atom. The van der Waals surface area contributed by atoms with Crippen LogP contribution in [0.2, 0.25) is 0 Å². The molecule has 0 aliphatic carbocycles. The zero-order valence-corrected chi connectivity index (χ0v) is 24.0. The summed E-state index contributed by atoms with van der Waals surface area (Å²) < 4.78 is 60.6. The Hall–Kier alpha value is -5.63. The highest BCUT2D eigenvalue weighted by Crippen LogP contribution is 2.40. The molecule has 0 spiro atoms. The van der Waals surface area contributed by atoms with E-state index >= 15 is 8.78 Å². The summed E-state index contributed by atoms with van der Waals surface area (Å²) >= 11 is 0. The van der Waals surface area contributed by atoms with E-state index in [1.807, 2.05) is 60.7 Å². The molecule has 0 amide bonds. The molecule has 0 aliphatic heterocycles. The van der Waals surface area contributed by atoms with Gasteiger partial charge in [0.15, 0.2) is 11.6 Å². The molecule has 8 heteroatoms. The monoisotopic (exact) mass is 600 g/mol. The third-order valence-electron chi connectivity index (χ3n) is 7.74. The Morgan fingerprint density at radius 2 is 1.40 bits per heavy atom. The number of rotatable bonds is 6. The number of pyridine rings is 2. The van der Waals surface area contributed by atoms with Crippen LogP contribution in [0.1, 0.15) is 22.4 Å². The van der Waals surface area contributed by atoms with Gasteiger partial charge in [-0.05, 0) is 29.1 Å². The fourth-order valence-electron chi connectivity index (χ4n) is 5.72. The van der Waals surface area contributed by atoms with Crippen molar-refractivity contribution < 1.29 is 17.6 Å². The molecule has 3 aromatic heterocycles. The minimum Gasteiger partial charge on any atom is -0.347 e. The van der Waals surface area contributed by atoms with Crippen LogP contribution in [0.3, 0.4) is 0 Å². The largest absolute Gasteiger partial charge is 0.347 e. The topological polar surface area (TPSA) is 43.1 Å². The SMILES string of the molecule is Cn1cc(-c2ccc3cc(Cc4cc(F)cc(F)c4)ncc3c2F)c2c(N=C(c3ccccc3)c3ccccc3)ncc(F)c21. The molecule has 3 heterocycles. The van der Waals surface area contributed by atoms with Crippen molar-refractivity contribution in [3.05, 3.63) is 161 Å². The van der Waals surface area contributed by atoms with Gasteiger partial charge in [-0.1, -0.05) is 72.8 Å². The number of aromatic nitrogens is 3. The number of hydrogen-bond donors (Lipinski definition) is 0. The zero-order chi connectivity index (χ0) is 31.1. The molecular formula is C37H24F4N4. The Bertz CT molecular complexity index is 2180. The molecule has 0 N–H and O–H groups in total. The molecule has 0 fully saturated rings. The van der Waals surface area contributed by atoms with Crippen LogP contribution in [0.4, 0.5) is 23.4 Å². The van der Waals surface area contributed by atoms with Gasteiger partial charge in [0.1, 0.15) is 17.5 Å². The van der Waals surface area contributed by atoms with Crippen molar-refractivity contribution in [2.75, 3.05) is 0 Å². The van der Waals surface area contributed by atoms with E-state index in [4.69, 9.17) is 4.99 Å². The first-order valence-electron chi connectivity index (χ1n) is 14.2. The minimum absolute atomic E-state index is 0.175. The van der Waals surface area contributed by atoms with E-state index in [0.717, 1.165) is 23.4 Å². The maximum Gasteiger partial charge on any atom is 0.165 e. The Balaban J connectivity index is 1.38. The summed E-state index contributed by atoms with van der Waals surface area (Å²) in [6.45, 7) is 0. The van der Waals surface area contributed by atoms with Crippen molar-refractivity contribution in [3.8, 4) is 11.1 Å². The zero-order valence-electron chi connectivity index (χ0n) is 24.0. The first kappa shape index (κ1) is 28.2. The van der Waals surface area contributed by atoms with Crippen molar-refractivity contribution in [2.45, 2.75) is 6.42 Å². The summed E-state index contributed by atoms with van der Waals surface area (Å²) in [4.78, 5) is 13.7. The normalized spacial score (nSPS) is 11.3. The number of fused-ring (bicyclic) bond motifs is 2. The lowest BCUT2D eigenvalue weighted by Crippen LogP contribution is -2.03. The van der Waals surface area contributed by atoms with Gasteiger partial charge in [-0.3, -0.25) is 4.98 Å². The van der Waals surface area contributed by atoms with E-state index in [0.29, 0.717) is 33.3 Å². The second kappa shape index (κ2) is 11.5. The van der Waals surface area contributed by atoms with Gasteiger partial charge < -0.3 is 4.57 Å². The van der Waals surface area contributed by atoms with Crippen molar-refractivity contribution in [1.82, 2.24) is 14.5 Å². The molecule has 0 bridgehead atoms. The average molecular weight is 601 g/mol. The van der Waals surface area contributed by atoms with Crippen LogP contribution >= 0.6 is 0 Å². The van der Waals surface area contributed by atoms with Gasteiger partial charge in [0, 0.05) is 65.3 Å². The van der Waals surface area contributed by atoms with E-state index in [1.165, 1.54) is 18.3 Å². The molecule has 4 aromatic carbocycles. The molecule has 0 unspecified atom stereocenters. The highest BCUT2D eigenvalue weighted by atomic mass is 19.1. The lowest BCUT2D eigenvalue weighted by atomic mass is 9.99. The first-order valence-corrected chi connectivity index (χ1v) is 14.2. The van der Waals surface area contributed by atoms with Crippen LogP contribution in [0, 0.1) is 23.3 Å². The van der Waals surface area contributed by atoms with Gasteiger partial charge in [-0.15, -0.1) is 0 Å². The summed E-state index contributed by atoms with van der Waals surface area (Å²) in [5.41, 5.74) is 4.19. The smallest absolute Gasteiger partial charge is 0.165 e. The Labute approximate surface area is 256 Å². The van der Waals surface area contributed by atoms with Gasteiger partial charge in [0.2, 0.25) is 0 Å². The van der Waals surface area contributed by atoms with Gasteiger partial charge in [0.05, 0.1) is 22.8 Å². The fraction of sp³-hybridized carbons (Fsp3) is 0.0541. The summed E-state index contributed by atoms with van der Waals surface area (Å²) in [6, 6.07) is 27.6. The summed E-state index contributed by atoms with van der Waals surface area (Å²) in [5.74, 6) is -2.20. The van der Waals surface area contributed by atoms with E-state index in [9.17, 15) is 8.78 Å². The maximum absolute atomic E-state index is 16.3. The van der Waals surface area contributed by atoms with Gasteiger partial charge >= 0.3 is 0 Å². The van der Waals surface area contributed by atoms with Gasteiger partial charge in [-0.25, -0.2) is 27.5 Å². The number of aryl methyl sites for hydroxylation is 1. The van der Waals surface area contributed by atoms with Crippen molar-refractivity contribution in [3.63, 3.8) is 0 Å². The number of aliphatic imine (C=N–C) groups is 1. The lowest BCUT2D eigenvalue weighted by Gasteiger charge is -2.10. The summed E-state index contributed by atoms with van der Waals surface area (Å²) in [5, 5.41) is 1.19. The Morgan fingerprint density at radius 1 is 0.733 bits per heavy atom. The van der Waals surface area contributed by atoms with Crippen molar-refractivity contribution >= 4 is 33.2 Å². The summed E-state index contributed by atoms with van der Waals surface area (Å²) in [6.07, 6.45) is 4.38. The second-order valence-electron chi connectivity index (χ2n) is 10.8. The van der Waals surface area contributed by atoms with Crippen molar-refractivity contribution in [1.29, 1.82) is 0 Å². The highest BCUT2D eigenvalue weighted by Gasteiger charge is 2.22. The summed E-state index contributed by atoms with van der Waals surface area (Å²) in [7, 11) is 1.69. The molecule has 7 rings (SSSR count). The van der Waals surface area contributed by atoms with E-state index in [2.05, 4.69) is 9.97 Å². The van der Waals surface area contributed by atoms with Gasteiger partial charge in [0.25, 0.3) is 0 Å². The Kier molecular flexibility index (Phi) is 7.17. The highest BCUT2D eigenvalue weighted by molar-refractivity contribution is 6.15. The molecule has 220 valence electrons. The molecule has 7 aromatic rings. The molecule has 0 aliphatic rings. The standard InChI is InChI=1S/C37H24F4N4/c1-45-21-31(29-13-12-25-17-28(42-19-30(25)34(29)41)16-22-14-26(38)18-27(39)15-22)33-36(45)32(40)20-43-37(33)44-35(23-8-4-2-5-9-23)24-10-6-3-7-11-24/h2-15,17-21H,16H2,1H3. The molecule has 4 nitrogen and oxygen atoms in total. The van der Waals surface area contributed by atoms with Crippen LogP contribution in [0.15, 0.2) is 121 Å². The van der Waals surface area contributed by atoms with E-state index < -0.39 is 23.3 Å². The van der Waals surface area contributed by atoms with Crippen LogP contribution < -0.4 is 0 Å². The molecular weight excluding hydrogens is 576 g/mol. The van der Waals surface area contributed by atoms with E-state index in [1.54, 1.807) is 36.0 Å². The second-order valence-corrected chi connectivity index (χ2v) is 10.8. The predicted molar refractivity (Wildman–Crippen MR) is 169 cm³/mol. The van der Waals surface area contributed by atoms with Crippen LogP contribution in [0.25, 0.3) is 32.8 Å². The van der Waals surface area contributed by atoms with Crippen LogP contribution in [-0.4, -0.2) is 20.2 Å². The van der Waals surface area contributed by atoms with E-state index in [-0.39, 0.29) is 28.7 Å². The molecule has 45 heavy (non-hydrogen) atoms. The minimum atomic E-state index is -0.675. The quantitative estimate of drug-likeness (QED) is 0.141. The number of hydrogen-bond acceptors (Lipinski definition) is 3. The van der Waals surface area contributed by atoms with Crippen LogP contribution in [-0.2, 0) is 13.5 Å². The lowest BCUT2D eigenvalue weighted by molar-refractivity contribution is 0.580.